The van der Waals surface area contributed by atoms with E-state index in [0.29, 0.717) is 0 Å². The average molecular weight is 240 g/mol. The summed E-state index contributed by atoms with van der Waals surface area (Å²) in [5.41, 5.74) is 0.260. The smallest absolute Gasteiger partial charge is 0.168 e. The van der Waals surface area contributed by atoms with Crippen molar-refractivity contribution in [2.24, 2.45) is 11.8 Å². The van der Waals surface area contributed by atoms with Gasteiger partial charge in [-0.15, -0.1) is 0 Å². The van der Waals surface area contributed by atoms with E-state index in [-0.39, 0.29) is 29.6 Å². The summed E-state index contributed by atoms with van der Waals surface area (Å²) in [7, 11) is 1.37. The molecule has 3 nitrogen and oxygen atoms in total. The Morgan fingerprint density at radius 2 is 2.12 bits per heavy atom. The Labute approximate surface area is 100 Å². The predicted octanol–water partition coefficient (Wildman–Crippen LogP) is 2.28. The lowest BCUT2D eigenvalue weighted by molar-refractivity contribution is 0.0806. The van der Waals surface area contributed by atoms with Gasteiger partial charge in [0.15, 0.2) is 17.3 Å². The van der Waals surface area contributed by atoms with E-state index >= 15 is 0 Å². The second-order valence-corrected chi connectivity index (χ2v) is 4.25. The first-order valence-corrected chi connectivity index (χ1v) is 5.49. The van der Waals surface area contributed by atoms with Gasteiger partial charge in [-0.05, 0) is 24.1 Å². The van der Waals surface area contributed by atoms with Gasteiger partial charge in [0.1, 0.15) is 0 Å². The molecular formula is C13H17FO3. The van der Waals surface area contributed by atoms with Gasteiger partial charge < -0.3 is 9.84 Å². The van der Waals surface area contributed by atoms with Gasteiger partial charge in [0.25, 0.3) is 0 Å². The number of rotatable bonds is 5. The Balaban J connectivity index is 3.00. The summed E-state index contributed by atoms with van der Waals surface area (Å²) in [5, 5.41) is 9.16. The van der Waals surface area contributed by atoms with Crippen molar-refractivity contribution in [2.45, 2.75) is 13.8 Å². The summed E-state index contributed by atoms with van der Waals surface area (Å²) < 4.78 is 18.2. The first-order valence-electron chi connectivity index (χ1n) is 5.49. The molecule has 0 aliphatic heterocycles. The molecule has 0 aliphatic rings. The van der Waals surface area contributed by atoms with Crippen LogP contribution in [-0.2, 0) is 0 Å². The van der Waals surface area contributed by atoms with E-state index in [1.165, 1.54) is 19.2 Å². The molecule has 0 saturated carbocycles. The van der Waals surface area contributed by atoms with Gasteiger partial charge in [-0.1, -0.05) is 13.8 Å². The molecule has 0 aromatic heterocycles. The number of hydrogen-bond donors (Lipinski definition) is 1. The van der Waals surface area contributed by atoms with Crippen molar-refractivity contribution in [3.05, 3.63) is 29.6 Å². The van der Waals surface area contributed by atoms with Crippen molar-refractivity contribution in [3.8, 4) is 5.75 Å². The third-order valence-corrected chi connectivity index (χ3v) is 2.77. The normalized spacial score (nSPS) is 12.6. The fraction of sp³-hybridized carbons (Fsp3) is 0.462. The molecule has 0 spiro atoms. The van der Waals surface area contributed by atoms with Crippen LogP contribution < -0.4 is 4.74 Å². The highest BCUT2D eigenvalue weighted by Gasteiger charge is 2.23. The fourth-order valence-corrected chi connectivity index (χ4v) is 1.63. The molecule has 1 aromatic rings. The lowest BCUT2D eigenvalue weighted by atomic mass is 9.88. The van der Waals surface area contributed by atoms with Crippen LogP contribution in [0.15, 0.2) is 18.2 Å². The third-order valence-electron chi connectivity index (χ3n) is 2.77. The van der Waals surface area contributed by atoms with E-state index in [4.69, 9.17) is 9.84 Å². The van der Waals surface area contributed by atoms with Crippen LogP contribution >= 0.6 is 0 Å². The number of aliphatic hydroxyl groups is 1. The molecule has 0 bridgehead atoms. The largest absolute Gasteiger partial charge is 0.494 e. The van der Waals surface area contributed by atoms with E-state index in [1.54, 1.807) is 0 Å². The first kappa shape index (κ1) is 13.6. The van der Waals surface area contributed by atoms with Crippen molar-refractivity contribution in [1.82, 2.24) is 0 Å². The van der Waals surface area contributed by atoms with Crippen LogP contribution in [0.1, 0.15) is 24.2 Å². The highest BCUT2D eigenvalue weighted by atomic mass is 19.1. The monoisotopic (exact) mass is 240 g/mol. The molecule has 1 atom stereocenters. The van der Waals surface area contributed by atoms with Gasteiger partial charge in [-0.25, -0.2) is 4.39 Å². The molecule has 1 N–H and O–H groups in total. The third kappa shape index (κ3) is 3.03. The van der Waals surface area contributed by atoms with Crippen LogP contribution in [0.25, 0.3) is 0 Å². The molecule has 1 unspecified atom stereocenters. The number of methoxy groups -OCH3 is 1. The van der Waals surface area contributed by atoms with Gasteiger partial charge in [0, 0.05) is 11.5 Å². The molecule has 1 rings (SSSR count). The minimum atomic E-state index is -0.571. The van der Waals surface area contributed by atoms with Crippen LogP contribution in [0.4, 0.5) is 4.39 Å². The molecule has 0 saturated heterocycles. The number of carbonyl (C=O) groups excluding carboxylic acids is 1. The molecular weight excluding hydrogens is 223 g/mol. The number of ether oxygens (including phenoxy) is 1. The van der Waals surface area contributed by atoms with Crippen molar-refractivity contribution in [3.63, 3.8) is 0 Å². The molecule has 0 heterocycles. The number of benzene rings is 1. The summed E-state index contributed by atoms with van der Waals surface area (Å²) in [6, 6.07) is 4.07. The molecule has 4 heteroatoms. The van der Waals surface area contributed by atoms with Gasteiger partial charge >= 0.3 is 0 Å². The van der Waals surface area contributed by atoms with E-state index in [0.717, 1.165) is 6.07 Å². The molecule has 94 valence electrons. The minimum absolute atomic E-state index is 0.0117. The summed E-state index contributed by atoms with van der Waals surface area (Å²) in [6.45, 7) is 3.46. The zero-order chi connectivity index (χ0) is 13.0. The highest BCUT2D eigenvalue weighted by Crippen LogP contribution is 2.22. The number of ketones is 1. The summed E-state index contributed by atoms with van der Waals surface area (Å²) in [6.07, 6.45) is 0. The summed E-state index contributed by atoms with van der Waals surface area (Å²) in [5.74, 6) is -1.20. The van der Waals surface area contributed by atoms with Crippen LogP contribution in [0.2, 0.25) is 0 Å². The molecule has 1 aromatic carbocycles. The maximum Gasteiger partial charge on any atom is 0.168 e. The van der Waals surface area contributed by atoms with E-state index in [9.17, 15) is 9.18 Å². The van der Waals surface area contributed by atoms with E-state index in [1.807, 2.05) is 13.8 Å². The number of halogens is 1. The first-order chi connectivity index (χ1) is 8.01. The van der Waals surface area contributed by atoms with Gasteiger partial charge in [-0.3, -0.25) is 4.79 Å². The second kappa shape index (κ2) is 5.77. The van der Waals surface area contributed by atoms with E-state index < -0.39 is 11.7 Å². The quantitative estimate of drug-likeness (QED) is 0.803. The summed E-state index contributed by atoms with van der Waals surface area (Å²) >= 11 is 0. The number of hydrogen-bond acceptors (Lipinski definition) is 3. The lowest BCUT2D eigenvalue weighted by Gasteiger charge is -2.17. The molecule has 17 heavy (non-hydrogen) atoms. The standard InChI is InChI=1S/C13H17FO3/c1-8(2)10(7-15)13(16)9-4-5-12(17-3)11(14)6-9/h4-6,8,10,15H,7H2,1-3H3. The van der Waals surface area contributed by atoms with Crippen molar-refractivity contribution >= 4 is 5.78 Å². The number of aliphatic hydroxyl groups excluding tert-OH is 1. The maximum absolute atomic E-state index is 13.4. The molecule has 0 fully saturated rings. The van der Waals surface area contributed by atoms with Gasteiger partial charge in [0.2, 0.25) is 0 Å². The van der Waals surface area contributed by atoms with Gasteiger partial charge in [-0.2, -0.15) is 0 Å². The van der Waals surface area contributed by atoms with Crippen molar-refractivity contribution in [2.75, 3.05) is 13.7 Å². The van der Waals surface area contributed by atoms with Crippen LogP contribution in [0, 0.1) is 17.7 Å². The van der Waals surface area contributed by atoms with Crippen LogP contribution in [-0.4, -0.2) is 24.6 Å². The number of carbonyl (C=O) groups is 1. The second-order valence-electron chi connectivity index (χ2n) is 4.25. The molecule has 0 aliphatic carbocycles. The van der Waals surface area contributed by atoms with Crippen LogP contribution in [0.5, 0.6) is 5.75 Å². The SMILES string of the molecule is COc1ccc(C(=O)C(CO)C(C)C)cc1F. The number of Topliss-reactive ketones (excluding diaryl/α,β-unsaturated/α-hetero) is 1. The molecule has 0 amide bonds. The summed E-state index contributed by atoms with van der Waals surface area (Å²) in [4.78, 5) is 12.0. The Bertz CT molecular complexity index is 402. The Kier molecular flexibility index (Phi) is 4.63. The fourth-order valence-electron chi connectivity index (χ4n) is 1.63. The predicted molar refractivity (Wildman–Crippen MR) is 62.7 cm³/mol. The van der Waals surface area contributed by atoms with E-state index in [2.05, 4.69) is 0 Å². The van der Waals surface area contributed by atoms with Gasteiger partial charge in [0.05, 0.1) is 13.7 Å². The zero-order valence-corrected chi connectivity index (χ0v) is 10.2. The highest BCUT2D eigenvalue weighted by molar-refractivity contribution is 5.98. The lowest BCUT2D eigenvalue weighted by Crippen LogP contribution is -2.24. The maximum atomic E-state index is 13.4. The van der Waals surface area contributed by atoms with Crippen molar-refractivity contribution in [1.29, 1.82) is 0 Å². The Morgan fingerprint density at radius 1 is 1.47 bits per heavy atom. The topological polar surface area (TPSA) is 46.5 Å². The Morgan fingerprint density at radius 3 is 2.53 bits per heavy atom. The minimum Gasteiger partial charge on any atom is -0.494 e. The molecule has 0 radical (unpaired) electrons. The zero-order valence-electron chi connectivity index (χ0n) is 10.2. The van der Waals surface area contributed by atoms with Crippen LogP contribution in [0.3, 0.4) is 0 Å². The Hall–Kier alpha value is -1.42. The van der Waals surface area contributed by atoms with Crippen molar-refractivity contribution < 1.29 is 19.0 Å². The average Bonchev–Trinajstić information content (AvgIpc) is 2.29.